The van der Waals surface area contributed by atoms with E-state index in [1.54, 1.807) is 25.0 Å². The first-order valence-electron chi connectivity index (χ1n) is 5.48. The van der Waals surface area contributed by atoms with E-state index in [0.29, 0.717) is 0 Å². The summed E-state index contributed by atoms with van der Waals surface area (Å²) in [4.78, 5) is 8.31. The Labute approximate surface area is 104 Å². The van der Waals surface area contributed by atoms with E-state index in [1.807, 2.05) is 29.8 Å². The highest BCUT2D eigenvalue weighted by Crippen LogP contribution is 2.22. The van der Waals surface area contributed by atoms with E-state index in [1.165, 1.54) is 0 Å². The molecule has 2 atom stereocenters. The lowest BCUT2D eigenvalue weighted by molar-refractivity contribution is 0.543. The van der Waals surface area contributed by atoms with E-state index in [9.17, 15) is 4.55 Å². The molecule has 2 aromatic rings. The normalized spacial score (nSPS) is 14.5. The zero-order chi connectivity index (χ0) is 12.3. The zero-order valence-corrected chi connectivity index (χ0v) is 10.7. The van der Waals surface area contributed by atoms with Crippen LogP contribution in [0.5, 0.6) is 0 Å². The Balaban J connectivity index is 2.27. The van der Waals surface area contributed by atoms with Crippen LogP contribution in [0.1, 0.15) is 18.7 Å². The van der Waals surface area contributed by atoms with Crippen LogP contribution in [-0.4, -0.2) is 25.3 Å². The molecule has 0 aromatic carbocycles. The van der Waals surface area contributed by atoms with Crippen molar-refractivity contribution in [2.45, 2.75) is 18.7 Å². The number of hydrogen-bond acceptors (Lipinski definition) is 3. The lowest BCUT2D eigenvalue weighted by Gasteiger charge is -2.17. The van der Waals surface area contributed by atoms with Crippen LogP contribution in [0.15, 0.2) is 37.1 Å². The van der Waals surface area contributed by atoms with Gasteiger partial charge < -0.3 is 4.55 Å². The Bertz CT molecular complexity index is 470. The van der Waals surface area contributed by atoms with Crippen LogP contribution in [0.25, 0.3) is 11.3 Å². The van der Waals surface area contributed by atoms with Gasteiger partial charge in [0, 0.05) is 30.6 Å². The summed E-state index contributed by atoms with van der Waals surface area (Å²) in [5.74, 6) is 0. The fourth-order valence-corrected chi connectivity index (χ4v) is 2.71. The highest BCUT2D eigenvalue weighted by Gasteiger charge is 2.18. The van der Waals surface area contributed by atoms with Crippen molar-refractivity contribution in [3.8, 4) is 11.3 Å². The van der Waals surface area contributed by atoms with E-state index < -0.39 is 11.2 Å². The second-order valence-corrected chi connectivity index (χ2v) is 5.34. The number of nitrogens with zero attached hydrogens (tertiary/aromatic N) is 3. The maximum atomic E-state index is 11.6. The lowest BCUT2D eigenvalue weighted by atomic mass is 10.2. The van der Waals surface area contributed by atoms with Crippen molar-refractivity contribution < 1.29 is 4.55 Å². The minimum atomic E-state index is -0.887. The average molecular weight is 249 g/mol. The number of hydrogen-bond donors (Lipinski definition) is 0. The van der Waals surface area contributed by atoms with Gasteiger partial charge in [-0.1, -0.05) is 6.92 Å². The third kappa shape index (κ3) is 2.68. The van der Waals surface area contributed by atoms with Crippen LogP contribution in [0.2, 0.25) is 0 Å². The minimum Gasteiger partial charge on any atom is -0.615 e. The summed E-state index contributed by atoms with van der Waals surface area (Å²) >= 11 is -0.887. The molecule has 5 heteroatoms. The van der Waals surface area contributed by atoms with E-state index in [-0.39, 0.29) is 5.37 Å². The molecule has 2 unspecified atom stereocenters. The summed E-state index contributed by atoms with van der Waals surface area (Å²) in [6, 6.07) is 3.83. The summed E-state index contributed by atoms with van der Waals surface area (Å²) in [6.45, 7) is 2.03. The van der Waals surface area contributed by atoms with Crippen molar-refractivity contribution >= 4 is 11.2 Å². The summed E-state index contributed by atoms with van der Waals surface area (Å²) in [7, 11) is 0. The van der Waals surface area contributed by atoms with Gasteiger partial charge in [0.1, 0.15) is 0 Å². The van der Waals surface area contributed by atoms with Crippen molar-refractivity contribution in [3.63, 3.8) is 0 Å². The summed E-state index contributed by atoms with van der Waals surface area (Å²) in [5, 5.41) is -0.00177. The molecule has 0 aliphatic heterocycles. The van der Waals surface area contributed by atoms with Crippen LogP contribution in [0.4, 0.5) is 0 Å². The Morgan fingerprint density at radius 3 is 2.71 bits per heavy atom. The van der Waals surface area contributed by atoms with Crippen molar-refractivity contribution in [2.24, 2.45) is 0 Å². The molecule has 0 aliphatic rings. The SMILES string of the molecule is CCC(n1cnc(-c2ccncc2)c1)[S+](C)[O-]. The topological polar surface area (TPSA) is 53.8 Å². The van der Waals surface area contributed by atoms with Gasteiger partial charge in [-0.2, -0.15) is 0 Å². The van der Waals surface area contributed by atoms with E-state index in [4.69, 9.17) is 0 Å². The number of rotatable bonds is 4. The third-order valence-electron chi connectivity index (χ3n) is 2.64. The fourth-order valence-electron chi connectivity index (χ4n) is 1.78. The summed E-state index contributed by atoms with van der Waals surface area (Å²) < 4.78 is 13.5. The summed E-state index contributed by atoms with van der Waals surface area (Å²) in [5.41, 5.74) is 1.91. The second-order valence-electron chi connectivity index (χ2n) is 3.80. The van der Waals surface area contributed by atoms with Crippen LogP contribution in [0.3, 0.4) is 0 Å². The first kappa shape index (κ1) is 12.1. The molecule has 0 amide bonds. The van der Waals surface area contributed by atoms with Gasteiger partial charge in [-0.3, -0.25) is 9.55 Å². The van der Waals surface area contributed by atoms with Gasteiger partial charge in [-0.15, -0.1) is 0 Å². The Morgan fingerprint density at radius 2 is 2.12 bits per heavy atom. The minimum absolute atomic E-state index is 0.00177. The van der Waals surface area contributed by atoms with Crippen molar-refractivity contribution in [3.05, 3.63) is 37.1 Å². The molecule has 90 valence electrons. The molecule has 0 bridgehead atoms. The van der Waals surface area contributed by atoms with Crippen molar-refractivity contribution in [1.29, 1.82) is 0 Å². The van der Waals surface area contributed by atoms with E-state index in [0.717, 1.165) is 17.7 Å². The lowest BCUT2D eigenvalue weighted by Crippen LogP contribution is -2.16. The maximum Gasteiger partial charge on any atom is 0.192 e. The van der Waals surface area contributed by atoms with Gasteiger partial charge >= 0.3 is 0 Å². The Morgan fingerprint density at radius 1 is 1.41 bits per heavy atom. The standard InChI is InChI=1S/C12H15N3OS/c1-3-12(17(2)16)15-8-11(14-9-15)10-4-6-13-7-5-10/h4-9,12H,3H2,1-2H3. The quantitative estimate of drug-likeness (QED) is 0.781. The fraction of sp³-hybridized carbons (Fsp3) is 0.333. The molecule has 2 aromatic heterocycles. The first-order chi connectivity index (χ1) is 8.22. The van der Waals surface area contributed by atoms with Gasteiger partial charge in [-0.25, -0.2) is 4.98 Å². The average Bonchev–Trinajstić information content (AvgIpc) is 2.80. The summed E-state index contributed by atoms with van der Waals surface area (Å²) in [6.07, 6.45) is 9.71. The molecule has 2 heterocycles. The molecule has 4 nitrogen and oxygen atoms in total. The molecule has 17 heavy (non-hydrogen) atoms. The monoisotopic (exact) mass is 249 g/mol. The number of imidazole rings is 1. The molecule has 0 N–H and O–H groups in total. The van der Waals surface area contributed by atoms with Gasteiger partial charge in [0.15, 0.2) is 5.37 Å². The van der Waals surface area contributed by atoms with E-state index in [2.05, 4.69) is 9.97 Å². The van der Waals surface area contributed by atoms with Crippen LogP contribution in [0, 0.1) is 0 Å². The highest BCUT2D eigenvalue weighted by atomic mass is 32.2. The van der Waals surface area contributed by atoms with Gasteiger partial charge in [0.05, 0.1) is 18.3 Å². The smallest absolute Gasteiger partial charge is 0.192 e. The molecule has 0 saturated carbocycles. The number of pyridine rings is 1. The molecular weight excluding hydrogens is 234 g/mol. The molecule has 0 spiro atoms. The molecular formula is C12H15N3OS. The first-order valence-corrected chi connectivity index (χ1v) is 7.10. The molecule has 0 saturated heterocycles. The van der Waals surface area contributed by atoms with Crippen molar-refractivity contribution in [1.82, 2.24) is 14.5 Å². The van der Waals surface area contributed by atoms with Gasteiger partial charge in [0.2, 0.25) is 0 Å². The molecule has 2 rings (SSSR count). The van der Waals surface area contributed by atoms with Crippen LogP contribution >= 0.6 is 0 Å². The Kier molecular flexibility index (Phi) is 3.81. The third-order valence-corrected chi connectivity index (χ3v) is 3.99. The van der Waals surface area contributed by atoms with Gasteiger partial charge in [-0.05, 0) is 23.3 Å². The van der Waals surface area contributed by atoms with Crippen LogP contribution < -0.4 is 0 Å². The molecule has 0 fully saturated rings. The Hall–Kier alpha value is -1.33. The second kappa shape index (κ2) is 5.33. The van der Waals surface area contributed by atoms with E-state index >= 15 is 0 Å². The predicted octanol–water partition coefficient (Wildman–Crippen LogP) is 2.23. The maximum absolute atomic E-state index is 11.6. The number of aromatic nitrogens is 3. The predicted molar refractivity (Wildman–Crippen MR) is 68.9 cm³/mol. The largest absolute Gasteiger partial charge is 0.615 e. The zero-order valence-electron chi connectivity index (χ0n) is 9.91. The molecule has 0 aliphatic carbocycles. The van der Waals surface area contributed by atoms with Gasteiger partial charge in [0.25, 0.3) is 0 Å². The highest BCUT2D eigenvalue weighted by molar-refractivity contribution is 7.90. The van der Waals surface area contributed by atoms with Crippen molar-refractivity contribution in [2.75, 3.05) is 6.26 Å². The van der Waals surface area contributed by atoms with Crippen LogP contribution in [-0.2, 0) is 11.2 Å². The molecule has 0 radical (unpaired) electrons.